The number of hydrogen-bond acceptors (Lipinski definition) is 5. The number of rotatable bonds is 4. The molecule has 0 radical (unpaired) electrons. The van der Waals surface area contributed by atoms with Crippen LogP contribution >= 0.6 is 11.6 Å². The summed E-state index contributed by atoms with van der Waals surface area (Å²) in [7, 11) is 1.29. The normalized spacial score (nSPS) is 10.0. The molecule has 19 heavy (non-hydrogen) atoms. The van der Waals surface area contributed by atoms with E-state index in [1.807, 2.05) is 24.3 Å². The third-order valence-corrected chi connectivity index (χ3v) is 2.81. The third kappa shape index (κ3) is 3.42. The molecule has 0 unspecified atom stereocenters. The number of anilines is 1. The van der Waals surface area contributed by atoms with Crippen molar-refractivity contribution in [3.8, 4) is 0 Å². The van der Waals surface area contributed by atoms with Crippen molar-refractivity contribution >= 4 is 23.4 Å². The summed E-state index contributed by atoms with van der Waals surface area (Å²) < 4.78 is 4.56. The fraction of sp³-hybridized carbons (Fsp3) is 0.154. The second-order valence-electron chi connectivity index (χ2n) is 3.70. The van der Waals surface area contributed by atoms with Gasteiger partial charge in [0.05, 0.1) is 7.11 Å². The van der Waals surface area contributed by atoms with Gasteiger partial charge in [-0.2, -0.15) is 0 Å². The Hall–Kier alpha value is -2.14. The van der Waals surface area contributed by atoms with Gasteiger partial charge in [-0.1, -0.05) is 29.8 Å². The van der Waals surface area contributed by atoms with Crippen LogP contribution in [-0.2, 0) is 11.3 Å². The number of benzene rings is 1. The van der Waals surface area contributed by atoms with Crippen molar-refractivity contribution in [2.75, 3.05) is 12.4 Å². The predicted molar refractivity (Wildman–Crippen MR) is 72.2 cm³/mol. The summed E-state index contributed by atoms with van der Waals surface area (Å²) in [5.41, 5.74) is 0.947. The van der Waals surface area contributed by atoms with E-state index in [1.54, 1.807) is 6.07 Å². The van der Waals surface area contributed by atoms with Crippen LogP contribution in [0.25, 0.3) is 0 Å². The van der Waals surface area contributed by atoms with Gasteiger partial charge in [-0.15, -0.1) is 0 Å². The van der Waals surface area contributed by atoms with Gasteiger partial charge in [0.1, 0.15) is 5.82 Å². The lowest BCUT2D eigenvalue weighted by molar-refractivity contribution is 0.0587. The van der Waals surface area contributed by atoms with E-state index in [4.69, 9.17) is 11.6 Å². The summed E-state index contributed by atoms with van der Waals surface area (Å²) in [6.45, 7) is 0.511. The Morgan fingerprint density at radius 3 is 2.89 bits per heavy atom. The van der Waals surface area contributed by atoms with E-state index >= 15 is 0 Å². The van der Waals surface area contributed by atoms with E-state index in [0.717, 1.165) is 5.56 Å². The number of esters is 1. The van der Waals surface area contributed by atoms with Crippen LogP contribution < -0.4 is 5.32 Å². The molecule has 0 bridgehead atoms. The summed E-state index contributed by atoms with van der Waals surface area (Å²) in [4.78, 5) is 19.2. The number of aromatic nitrogens is 2. The molecular weight excluding hydrogens is 266 g/mol. The quantitative estimate of drug-likeness (QED) is 0.870. The second-order valence-corrected chi connectivity index (χ2v) is 4.11. The molecular formula is C13H12ClN3O2. The van der Waals surface area contributed by atoms with Gasteiger partial charge in [-0.05, 0) is 17.7 Å². The lowest BCUT2D eigenvalue weighted by Crippen LogP contribution is -2.10. The number of carbonyl (C=O) groups is 1. The highest BCUT2D eigenvalue weighted by Crippen LogP contribution is 2.16. The topological polar surface area (TPSA) is 64.1 Å². The van der Waals surface area contributed by atoms with Crippen LogP contribution in [0.3, 0.4) is 0 Å². The first kappa shape index (κ1) is 13.3. The minimum atomic E-state index is -0.568. The predicted octanol–water partition coefficient (Wildman–Crippen LogP) is 2.53. The van der Waals surface area contributed by atoms with E-state index in [-0.39, 0.29) is 5.82 Å². The van der Waals surface area contributed by atoms with E-state index in [9.17, 15) is 4.79 Å². The molecule has 2 rings (SSSR count). The molecule has 1 aromatic heterocycles. The minimum Gasteiger partial charge on any atom is -0.463 e. The van der Waals surface area contributed by atoms with Gasteiger partial charge in [0.15, 0.2) is 0 Å². The van der Waals surface area contributed by atoms with Crippen molar-refractivity contribution in [3.63, 3.8) is 0 Å². The van der Waals surface area contributed by atoms with Gasteiger partial charge in [-0.3, -0.25) is 0 Å². The van der Waals surface area contributed by atoms with E-state index in [2.05, 4.69) is 20.0 Å². The number of ether oxygens (including phenoxy) is 1. The SMILES string of the molecule is COC(=O)c1nccc(NCc2ccccc2Cl)n1. The van der Waals surface area contributed by atoms with Crippen LogP contribution in [0.4, 0.5) is 5.82 Å². The molecule has 1 aromatic carbocycles. The van der Waals surface area contributed by atoms with Crippen molar-refractivity contribution in [2.45, 2.75) is 6.54 Å². The zero-order valence-electron chi connectivity index (χ0n) is 10.3. The van der Waals surface area contributed by atoms with Gasteiger partial charge in [0, 0.05) is 17.8 Å². The third-order valence-electron chi connectivity index (χ3n) is 2.44. The monoisotopic (exact) mass is 277 g/mol. The summed E-state index contributed by atoms with van der Waals surface area (Å²) in [5.74, 6) is -0.0108. The maximum Gasteiger partial charge on any atom is 0.376 e. The Morgan fingerprint density at radius 2 is 2.16 bits per heavy atom. The van der Waals surface area contributed by atoms with Crippen molar-refractivity contribution < 1.29 is 9.53 Å². The highest BCUT2D eigenvalue weighted by molar-refractivity contribution is 6.31. The zero-order chi connectivity index (χ0) is 13.7. The Morgan fingerprint density at radius 1 is 1.37 bits per heavy atom. The van der Waals surface area contributed by atoms with Crippen LogP contribution in [0.2, 0.25) is 5.02 Å². The maximum atomic E-state index is 11.3. The average molecular weight is 278 g/mol. The molecule has 6 heteroatoms. The standard InChI is InChI=1S/C13H12ClN3O2/c1-19-13(18)12-15-7-6-11(17-12)16-8-9-4-2-3-5-10(9)14/h2-7H,8H2,1H3,(H,15,16,17). The molecule has 1 heterocycles. The number of hydrogen-bond donors (Lipinski definition) is 1. The first-order valence-corrected chi connectivity index (χ1v) is 5.97. The van der Waals surface area contributed by atoms with Gasteiger partial charge in [0.2, 0.25) is 5.82 Å². The Bertz CT molecular complexity index is 590. The van der Waals surface area contributed by atoms with E-state index in [0.29, 0.717) is 17.4 Å². The van der Waals surface area contributed by atoms with Crippen molar-refractivity contribution in [3.05, 3.63) is 52.9 Å². The van der Waals surface area contributed by atoms with Crippen LogP contribution in [0, 0.1) is 0 Å². The smallest absolute Gasteiger partial charge is 0.376 e. The Balaban J connectivity index is 2.08. The molecule has 0 aliphatic rings. The fourth-order valence-corrected chi connectivity index (χ4v) is 1.68. The molecule has 0 saturated carbocycles. The second kappa shape index (κ2) is 6.15. The van der Waals surface area contributed by atoms with Gasteiger partial charge in [0.25, 0.3) is 0 Å². The minimum absolute atomic E-state index is 0.0201. The highest BCUT2D eigenvalue weighted by atomic mass is 35.5. The molecule has 0 spiro atoms. The largest absolute Gasteiger partial charge is 0.463 e. The lowest BCUT2D eigenvalue weighted by atomic mass is 10.2. The molecule has 0 amide bonds. The first-order valence-electron chi connectivity index (χ1n) is 5.59. The first-order chi connectivity index (χ1) is 9.20. The van der Waals surface area contributed by atoms with Gasteiger partial charge in [-0.25, -0.2) is 14.8 Å². The number of halogens is 1. The Kier molecular flexibility index (Phi) is 4.30. The molecule has 1 N–H and O–H groups in total. The van der Waals surface area contributed by atoms with Crippen molar-refractivity contribution in [1.29, 1.82) is 0 Å². The summed E-state index contributed by atoms with van der Waals surface area (Å²) in [5, 5.41) is 3.76. The van der Waals surface area contributed by atoms with E-state index in [1.165, 1.54) is 13.3 Å². The summed E-state index contributed by atoms with van der Waals surface area (Å²) >= 11 is 6.05. The van der Waals surface area contributed by atoms with E-state index < -0.39 is 5.97 Å². The number of methoxy groups -OCH3 is 1. The van der Waals surface area contributed by atoms with Crippen LogP contribution in [0.15, 0.2) is 36.5 Å². The van der Waals surface area contributed by atoms with Crippen LogP contribution in [0.5, 0.6) is 0 Å². The van der Waals surface area contributed by atoms with Gasteiger partial charge < -0.3 is 10.1 Å². The zero-order valence-corrected chi connectivity index (χ0v) is 11.0. The Labute approximate surface area is 115 Å². The molecule has 2 aromatic rings. The number of nitrogens with zero attached hydrogens (tertiary/aromatic N) is 2. The van der Waals surface area contributed by atoms with Gasteiger partial charge >= 0.3 is 5.97 Å². The number of carbonyl (C=O) groups excluding carboxylic acids is 1. The summed E-state index contributed by atoms with van der Waals surface area (Å²) in [6, 6.07) is 9.17. The maximum absolute atomic E-state index is 11.3. The molecule has 0 aliphatic carbocycles. The van der Waals surface area contributed by atoms with Crippen LogP contribution in [-0.4, -0.2) is 23.0 Å². The summed E-state index contributed by atoms with van der Waals surface area (Å²) in [6.07, 6.45) is 1.49. The molecule has 5 nitrogen and oxygen atoms in total. The molecule has 98 valence electrons. The average Bonchev–Trinajstić information content (AvgIpc) is 2.46. The number of nitrogens with one attached hydrogen (secondary N) is 1. The molecule has 0 atom stereocenters. The van der Waals surface area contributed by atoms with Crippen molar-refractivity contribution in [2.24, 2.45) is 0 Å². The highest BCUT2D eigenvalue weighted by Gasteiger charge is 2.09. The lowest BCUT2D eigenvalue weighted by Gasteiger charge is -2.07. The fourth-order valence-electron chi connectivity index (χ4n) is 1.47. The molecule has 0 aliphatic heterocycles. The molecule has 0 saturated heterocycles. The molecule has 0 fully saturated rings. The van der Waals surface area contributed by atoms with Crippen molar-refractivity contribution in [1.82, 2.24) is 9.97 Å². The van der Waals surface area contributed by atoms with Crippen LogP contribution in [0.1, 0.15) is 16.2 Å².